The third-order valence-electron chi connectivity index (χ3n) is 5.00. The van der Waals surface area contributed by atoms with Crippen LogP contribution < -0.4 is 5.32 Å². The molecular weight excluding hydrogens is 429 g/mol. The van der Waals surface area contributed by atoms with Crippen molar-refractivity contribution in [1.29, 1.82) is 5.26 Å². The predicted molar refractivity (Wildman–Crippen MR) is 128 cm³/mol. The van der Waals surface area contributed by atoms with Crippen molar-refractivity contribution in [3.8, 4) is 6.07 Å². The average molecular weight is 454 g/mol. The first kappa shape index (κ1) is 23.1. The van der Waals surface area contributed by atoms with Crippen molar-refractivity contribution in [2.24, 2.45) is 0 Å². The summed E-state index contributed by atoms with van der Waals surface area (Å²) in [5, 5.41) is 13.9. The SMILES string of the molecule is COCCN(Cc1ccccc1)C[C@H](Nc1ccc(C#N)cc1Cl)c1ccc(Cl)cc1. The fourth-order valence-electron chi connectivity index (χ4n) is 3.37. The summed E-state index contributed by atoms with van der Waals surface area (Å²) in [6.07, 6.45) is 0. The van der Waals surface area contributed by atoms with E-state index in [1.165, 1.54) is 5.56 Å². The van der Waals surface area contributed by atoms with Gasteiger partial charge in [0.15, 0.2) is 0 Å². The highest BCUT2D eigenvalue weighted by Crippen LogP contribution is 2.29. The molecule has 0 amide bonds. The van der Waals surface area contributed by atoms with Gasteiger partial charge in [-0.25, -0.2) is 0 Å². The minimum absolute atomic E-state index is 0.0386. The normalized spacial score (nSPS) is 11.8. The maximum Gasteiger partial charge on any atom is 0.0992 e. The summed E-state index contributed by atoms with van der Waals surface area (Å²) in [5.41, 5.74) is 3.65. The molecule has 3 rings (SSSR count). The molecule has 0 aromatic heterocycles. The number of halogens is 2. The van der Waals surface area contributed by atoms with E-state index in [9.17, 15) is 0 Å². The fraction of sp³-hybridized carbons (Fsp3) is 0.240. The molecular formula is C25H25Cl2N3O. The van der Waals surface area contributed by atoms with E-state index in [1.54, 1.807) is 19.2 Å². The molecule has 0 radical (unpaired) electrons. The lowest BCUT2D eigenvalue weighted by Crippen LogP contribution is -2.34. The molecule has 4 nitrogen and oxygen atoms in total. The Bertz CT molecular complexity index is 1000. The Balaban J connectivity index is 1.86. The van der Waals surface area contributed by atoms with E-state index < -0.39 is 0 Å². The van der Waals surface area contributed by atoms with Crippen LogP contribution in [-0.4, -0.2) is 31.7 Å². The monoisotopic (exact) mass is 453 g/mol. The number of ether oxygens (including phenoxy) is 1. The molecule has 0 heterocycles. The first-order chi connectivity index (χ1) is 15.1. The van der Waals surface area contributed by atoms with E-state index in [1.807, 2.05) is 36.4 Å². The Kier molecular flexibility index (Phi) is 8.75. The smallest absolute Gasteiger partial charge is 0.0992 e. The van der Waals surface area contributed by atoms with Crippen LogP contribution in [0.5, 0.6) is 0 Å². The van der Waals surface area contributed by atoms with Crippen LogP contribution in [0.3, 0.4) is 0 Å². The first-order valence-corrected chi connectivity index (χ1v) is 10.8. The summed E-state index contributed by atoms with van der Waals surface area (Å²) in [6.45, 7) is 2.96. The quantitative estimate of drug-likeness (QED) is 0.398. The molecule has 0 saturated heterocycles. The van der Waals surface area contributed by atoms with Crippen molar-refractivity contribution in [3.05, 3.63) is 99.5 Å². The van der Waals surface area contributed by atoms with Gasteiger partial charge in [0.1, 0.15) is 0 Å². The van der Waals surface area contributed by atoms with Crippen LogP contribution in [0.15, 0.2) is 72.8 Å². The minimum Gasteiger partial charge on any atom is -0.383 e. The lowest BCUT2D eigenvalue weighted by atomic mass is 10.0. The lowest BCUT2D eigenvalue weighted by Gasteiger charge is -2.29. The summed E-state index contributed by atoms with van der Waals surface area (Å²) < 4.78 is 5.34. The zero-order chi connectivity index (χ0) is 22.1. The van der Waals surface area contributed by atoms with Crippen LogP contribution in [0.2, 0.25) is 10.0 Å². The molecule has 0 fully saturated rings. The van der Waals surface area contributed by atoms with Crippen LogP contribution in [-0.2, 0) is 11.3 Å². The van der Waals surface area contributed by atoms with E-state index >= 15 is 0 Å². The summed E-state index contributed by atoms with van der Waals surface area (Å²) in [5.74, 6) is 0. The summed E-state index contributed by atoms with van der Waals surface area (Å²) in [6, 6.07) is 25.6. The molecule has 0 aliphatic rings. The molecule has 6 heteroatoms. The molecule has 0 unspecified atom stereocenters. The van der Waals surface area contributed by atoms with Gasteiger partial charge in [0.05, 0.1) is 35.0 Å². The van der Waals surface area contributed by atoms with Gasteiger partial charge in [0, 0.05) is 31.8 Å². The molecule has 160 valence electrons. The van der Waals surface area contributed by atoms with Crippen molar-refractivity contribution < 1.29 is 4.74 Å². The summed E-state index contributed by atoms with van der Waals surface area (Å²) >= 11 is 12.6. The van der Waals surface area contributed by atoms with Gasteiger partial charge < -0.3 is 10.1 Å². The topological polar surface area (TPSA) is 48.3 Å². The number of nitriles is 1. The molecule has 1 N–H and O–H groups in total. The molecule has 0 spiro atoms. The molecule has 0 aliphatic carbocycles. The maximum absolute atomic E-state index is 9.12. The highest BCUT2D eigenvalue weighted by Gasteiger charge is 2.18. The van der Waals surface area contributed by atoms with Crippen LogP contribution in [0.4, 0.5) is 5.69 Å². The molecule has 0 saturated carbocycles. The van der Waals surface area contributed by atoms with Crippen LogP contribution >= 0.6 is 23.2 Å². The average Bonchev–Trinajstić information content (AvgIpc) is 2.79. The summed E-state index contributed by atoms with van der Waals surface area (Å²) in [7, 11) is 1.71. The molecule has 1 atom stereocenters. The van der Waals surface area contributed by atoms with E-state index in [2.05, 4.69) is 40.6 Å². The third kappa shape index (κ3) is 6.99. The minimum atomic E-state index is -0.0386. The second-order valence-electron chi connectivity index (χ2n) is 7.27. The van der Waals surface area contributed by atoms with Gasteiger partial charge in [0.25, 0.3) is 0 Å². The van der Waals surface area contributed by atoms with E-state index in [-0.39, 0.29) is 6.04 Å². The van der Waals surface area contributed by atoms with Crippen LogP contribution in [0.1, 0.15) is 22.7 Å². The maximum atomic E-state index is 9.12. The highest BCUT2D eigenvalue weighted by atomic mass is 35.5. The van der Waals surface area contributed by atoms with Gasteiger partial charge in [0.2, 0.25) is 0 Å². The Labute approximate surface area is 194 Å². The second kappa shape index (κ2) is 11.7. The molecule has 31 heavy (non-hydrogen) atoms. The van der Waals surface area contributed by atoms with Gasteiger partial charge in [-0.05, 0) is 41.5 Å². The standard InChI is InChI=1S/C25H25Cl2N3O/c1-31-14-13-30(17-19-5-3-2-4-6-19)18-25(21-8-10-22(26)11-9-21)29-24-12-7-20(16-28)15-23(24)27/h2-12,15,25,29H,13-14,17-18H2,1H3/t25-/m0/s1. The van der Waals surface area contributed by atoms with Crippen molar-refractivity contribution in [3.63, 3.8) is 0 Å². The number of rotatable bonds is 10. The number of hydrogen-bond donors (Lipinski definition) is 1. The largest absolute Gasteiger partial charge is 0.383 e. The Morgan fingerprint density at radius 3 is 2.42 bits per heavy atom. The van der Waals surface area contributed by atoms with E-state index in [4.69, 9.17) is 33.2 Å². The van der Waals surface area contributed by atoms with Crippen LogP contribution in [0.25, 0.3) is 0 Å². The van der Waals surface area contributed by atoms with Gasteiger partial charge in [-0.3, -0.25) is 4.90 Å². The van der Waals surface area contributed by atoms with E-state index in [0.717, 1.165) is 30.9 Å². The van der Waals surface area contributed by atoms with Gasteiger partial charge in [-0.1, -0.05) is 65.7 Å². The molecule has 3 aromatic carbocycles. The van der Waals surface area contributed by atoms with Gasteiger partial charge in [-0.2, -0.15) is 5.26 Å². The highest BCUT2D eigenvalue weighted by molar-refractivity contribution is 6.33. The first-order valence-electron chi connectivity index (χ1n) is 10.1. The number of anilines is 1. The molecule has 0 bridgehead atoms. The number of nitrogens with zero attached hydrogens (tertiary/aromatic N) is 2. The third-order valence-corrected chi connectivity index (χ3v) is 5.57. The molecule has 3 aromatic rings. The van der Waals surface area contributed by atoms with E-state index in [0.29, 0.717) is 22.2 Å². The van der Waals surface area contributed by atoms with Crippen molar-refractivity contribution in [2.45, 2.75) is 12.6 Å². The van der Waals surface area contributed by atoms with Crippen molar-refractivity contribution in [2.75, 3.05) is 32.1 Å². The van der Waals surface area contributed by atoms with Crippen molar-refractivity contribution >= 4 is 28.9 Å². The fourth-order valence-corrected chi connectivity index (χ4v) is 3.74. The lowest BCUT2D eigenvalue weighted by molar-refractivity contribution is 0.141. The Morgan fingerprint density at radius 1 is 1.03 bits per heavy atom. The number of hydrogen-bond acceptors (Lipinski definition) is 4. The van der Waals surface area contributed by atoms with Gasteiger partial charge in [-0.15, -0.1) is 0 Å². The molecule has 0 aliphatic heterocycles. The Hall–Kier alpha value is -2.55. The second-order valence-corrected chi connectivity index (χ2v) is 8.11. The summed E-state index contributed by atoms with van der Waals surface area (Å²) in [4.78, 5) is 2.35. The number of methoxy groups -OCH3 is 1. The van der Waals surface area contributed by atoms with Crippen molar-refractivity contribution in [1.82, 2.24) is 4.90 Å². The zero-order valence-electron chi connectivity index (χ0n) is 17.4. The zero-order valence-corrected chi connectivity index (χ0v) is 18.9. The number of benzene rings is 3. The number of nitrogens with one attached hydrogen (secondary N) is 1. The predicted octanol–water partition coefficient (Wildman–Crippen LogP) is 6.17. The van der Waals surface area contributed by atoms with Crippen LogP contribution in [0, 0.1) is 11.3 Å². The Morgan fingerprint density at radius 2 is 1.77 bits per heavy atom. The van der Waals surface area contributed by atoms with Gasteiger partial charge >= 0.3 is 0 Å².